The van der Waals surface area contributed by atoms with Crippen LogP contribution in [0.5, 0.6) is 0 Å². The average Bonchev–Trinajstić information content (AvgIpc) is 1.69. The molecular formula is C5H5ClFN. The fourth-order valence-corrected chi connectivity index (χ4v) is 0.334. The van der Waals surface area contributed by atoms with E-state index in [1.807, 2.05) is 0 Å². The average molecular weight is 134 g/mol. The largest absolute Gasteiger partial charge is 0.265 e. The van der Waals surface area contributed by atoms with Crippen LogP contribution in [0.3, 0.4) is 0 Å². The van der Waals surface area contributed by atoms with Crippen LogP contribution in [0.25, 0.3) is 0 Å². The van der Waals surface area contributed by atoms with Crippen molar-refractivity contribution in [1.29, 1.82) is 0 Å². The fourth-order valence-electron chi connectivity index (χ4n) is 0.334. The van der Waals surface area contributed by atoms with E-state index in [0.29, 0.717) is 0 Å². The molecule has 0 atom stereocenters. The van der Waals surface area contributed by atoms with E-state index in [-0.39, 0.29) is 18.2 Å². The first-order valence-electron chi connectivity index (χ1n) is 1.95. The SMILES string of the molecule is Cl.Fc1ccncc1. The zero-order chi connectivity index (χ0) is 5.11. The van der Waals surface area contributed by atoms with Crippen LogP contribution in [0, 0.1) is 5.82 Å². The molecule has 0 bridgehead atoms. The van der Waals surface area contributed by atoms with Crippen LogP contribution in [0.15, 0.2) is 24.5 Å². The summed E-state index contributed by atoms with van der Waals surface area (Å²) >= 11 is 0. The van der Waals surface area contributed by atoms with Crippen LogP contribution in [-0.4, -0.2) is 4.98 Å². The molecule has 0 radical (unpaired) electrons. The molecule has 8 heavy (non-hydrogen) atoms. The Morgan fingerprint density at radius 2 is 1.75 bits per heavy atom. The normalized spacial score (nSPS) is 7.62. The summed E-state index contributed by atoms with van der Waals surface area (Å²) in [5.74, 6) is -0.241. The number of hydrogen-bond donors (Lipinski definition) is 0. The minimum atomic E-state index is -0.241. The second-order valence-electron chi connectivity index (χ2n) is 1.17. The lowest BCUT2D eigenvalue weighted by Gasteiger charge is -1.78. The van der Waals surface area contributed by atoms with Gasteiger partial charge in [0.2, 0.25) is 0 Å². The van der Waals surface area contributed by atoms with Crippen molar-refractivity contribution >= 4 is 12.4 Å². The molecule has 0 N–H and O–H groups in total. The molecule has 0 saturated heterocycles. The topological polar surface area (TPSA) is 12.9 Å². The van der Waals surface area contributed by atoms with Gasteiger partial charge in [-0.25, -0.2) is 4.39 Å². The molecule has 0 aromatic carbocycles. The fraction of sp³-hybridized carbons (Fsp3) is 0. The predicted molar refractivity (Wildman–Crippen MR) is 31.4 cm³/mol. The minimum Gasteiger partial charge on any atom is -0.265 e. The Bertz CT molecular complexity index is 142. The smallest absolute Gasteiger partial charge is 0.126 e. The van der Waals surface area contributed by atoms with Crippen LogP contribution >= 0.6 is 12.4 Å². The maximum Gasteiger partial charge on any atom is 0.126 e. The molecule has 1 rings (SSSR count). The summed E-state index contributed by atoms with van der Waals surface area (Å²) in [6, 6.07) is 2.61. The third-order valence-electron chi connectivity index (χ3n) is 0.640. The summed E-state index contributed by atoms with van der Waals surface area (Å²) in [4.78, 5) is 3.61. The zero-order valence-corrected chi connectivity index (χ0v) is 4.86. The lowest BCUT2D eigenvalue weighted by molar-refractivity contribution is 0.625. The molecular weight excluding hydrogens is 129 g/mol. The molecule has 0 fully saturated rings. The second-order valence-corrected chi connectivity index (χ2v) is 1.17. The molecule has 0 aliphatic rings. The molecule has 0 aliphatic carbocycles. The summed E-state index contributed by atoms with van der Waals surface area (Å²) in [5, 5.41) is 0. The highest BCUT2D eigenvalue weighted by molar-refractivity contribution is 5.85. The first-order chi connectivity index (χ1) is 3.39. The van der Waals surface area contributed by atoms with Gasteiger partial charge >= 0.3 is 0 Å². The van der Waals surface area contributed by atoms with Crippen LogP contribution in [0.4, 0.5) is 4.39 Å². The van der Waals surface area contributed by atoms with E-state index in [2.05, 4.69) is 4.98 Å². The third kappa shape index (κ3) is 1.89. The van der Waals surface area contributed by atoms with Crippen molar-refractivity contribution in [3.63, 3.8) is 0 Å². The van der Waals surface area contributed by atoms with Gasteiger partial charge in [0.15, 0.2) is 0 Å². The highest BCUT2D eigenvalue weighted by Gasteiger charge is 1.78. The van der Waals surface area contributed by atoms with Gasteiger partial charge in [-0.15, -0.1) is 12.4 Å². The van der Waals surface area contributed by atoms with Gasteiger partial charge in [-0.05, 0) is 12.1 Å². The Labute approximate surface area is 53.0 Å². The highest BCUT2D eigenvalue weighted by Crippen LogP contribution is 1.88. The molecule has 44 valence electrons. The van der Waals surface area contributed by atoms with E-state index >= 15 is 0 Å². The molecule has 0 saturated carbocycles. The van der Waals surface area contributed by atoms with Crippen molar-refractivity contribution in [2.75, 3.05) is 0 Å². The van der Waals surface area contributed by atoms with Crippen molar-refractivity contribution in [2.45, 2.75) is 0 Å². The van der Waals surface area contributed by atoms with Gasteiger partial charge in [0.1, 0.15) is 5.82 Å². The van der Waals surface area contributed by atoms with Gasteiger partial charge in [0.25, 0.3) is 0 Å². The van der Waals surface area contributed by atoms with Crippen molar-refractivity contribution in [1.82, 2.24) is 4.98 Å². The number of hydrogen-bond acceptors (Lipinski definition) is 1. The van der Waals surface area contributed by atoms with Gasteiger partial charge in [-0.3, -0.25) is 4.98 Å². The molecule has 3 heteroatoms. The Hall–Kier alpha value is -0.630. The highest BCUT2D eigenvalue weighted by atomic mass is 35.5. The monoisotopic (exact) mass is 133 g/mol. The summed E-state index contributed by atoms with van der Waals surface area (Å²) < 4.78 is 11.9. The van der Waals surface area contributed by atoms with Crippen LogP contribution in [0.1, 0.15) is 0 Å². The number of aromatic nitrogens is 1. The van der Waals surface area contributed by atoms with Crippen molar-refractivity contribution < 1.29 is 4.39 Å². The lowest BCUT2D eigenvalue weighted by Crippen LogP contribution is -1.69. The molecule has 1 nitrogen and oxygen atoms in total. The number of halogens is 2. The minimum absolute atomic E-state index is 0. The van der Waals surface area contributed by atoms with Crippen molar-refractivity contribution in [3.8, 4) is 0 Å². The lowest BCUT2D eigenvalue weighted by atomic mass is 10.5. The number of rotatable bonds is 0. The predicted octanol–water partition coefficient (Wildman–Crippen LogP) is 1.64. The first kappa shape index (κ1) is 7.37. The van der Waals surface area contributed by atoms with E-state index in [1.54, 1.807) is 0 Å². The molecule has 1 aromatic rings. The van der Waals surface area contributed by atoms with Gasteiger partial charge in [0, 0.05) is 12.4 Å². The maximum absolute atomic E-state index is 11.9. The Morgan fingerprint density at radius 3 is 2.00 bits per heavy atom. The Morgan fingerprint density at radius 1 is 1.25 bits per heavy atom. The van der Waals surface area contributed by atoms with E-state index < -0.39 is 0 Å². The molecule has 0 unspecified atom stereocenters. The van der Waals surface area contributed by atoms with Gasteiger partial charge in [-0.2, -0.15) is 0 Å². The molecule has 1 aromatic heterocycles. The maximum atomic E-state index is 11.9. The number of nitrogens with zero attached hydrogens (tertiary/aromatic N) is 1. The third-order valence-corrected chi connectivity index (χ3v) is 0.640. The molecule has 0 aliphatic heterocycles. The van der Waals surface area contributed by atoms with Crippen LogP contribution in [0.2, 0.25) is 0 Å². The first-order valence-corrected chi connectivity index (χ1v) is 1.95. The summed E-state index contributed by atoms with van der Waals surface area (Å²) in [5.41, 5.74) is 0. The van der Waals surface area contributed by atoms with E-state index in [9.17, 15) is 4.39 Å². The summed E-state index contributed by atoms with van der Waals surface area (Å²) in [6.07, 6.45) is 2.82. The van der Waals surface area contributed by atoms with E-state index in [0.717, 1.165) is 0 Å². The van der Waals surface area contributed by atoms with E-state index in [4.69, 9.17) is 0 Å². The van der Waals surface area contributed by atoms with Crippen LogP contribution < -0.4 is 0 Å². The number of pyridine rings is 1. The summed E-state index contributed by atoms with van der Waals surface area (Å²) in [7, 11) is 0. The van der Waals surface area contributed by atoms with Gasteiger partial charge in [0.05, 0.1) is 0 Å². The molecule has 0 amide bonds. The van der Waals surface area contributed by atoms with Crippen molar-refractivity contribution in [3.05, 3.63) is 30.3 Å². The molecule has 1 heterocycles. The van der Waals surface area contributed by atoms with E-state index in [1.165, 1.54) is 24.5 Å². The quantitative estimate of drug-likeness (QED) is 0.524. The van der Waals surface area contributed by atoms with Crippen LogP contribution in [-0.2, 0) is 0 Å². The zero-order valence-electron chi connectivity index (χ0n) is 4.04. The Balaban J connectivity index is 0.000000490. The summed E-state index contributed by atoms with van der Waals surface area (Å²) in [6.45, 7) is 0. The van der Waals surface area contributed by atoms with Gasteiger partial charge < -0.3 is 0 Å². The van der Waals surface area contributed by atoms with Crippen molar-refractivity contribution in [2.24, 2.45) is 0 Å². The second kappa shape index (κ2) is 3.38. The molecule has 0 spiro atoms. The van der Waals surface area contributed by atoms with Gasteiger partial charge in [-0.1, -0.05) is 0 Å². The standard InChI is InChI=1S/C5H4FN.ClH/c6-5-1-3-7-4-2-5;/h1-4H;1H. The Kier molecular flexibility index (Phi) is 3.12.